The molecular weight excluding hydrogens is 472 g/mol. The standard InChI is InChI=1S/C28H26N4O5/c1-3-36-24-14-18(12-13-23(24)37-16-20-9-5-4-8-19(20)15-29)25-17(2)31-28(26(25)32(34)35)21-10-6-7-11-22(21)30-27(28)33/h4-14,17,25-26,31H,3,16H2,1-2H3,(H,30,33)/t17-,25-,26+,28-/m0/s1. The van der Waals surface area contributed by atoms with E-state index in [1.807, 2.05) is 26.0 Å². The number of hydrogen-bond acceptors (Lipinski definition) is 7. The lowest BCUT2D eigenvalue weighted by atomic mass is 9.78. The lowest BCUT2D eigenvalue weighted by molar-refractivity contribution is -0.532. The number of nitro groups is 1. The van der Waals surface area contributed by atoms with E-state index in [0.717, 1.165) is 5.56 Å². The molecule has 9 nitrogen and oxygen atoms in total. The Hall–Kier alpha value is -4.42. The van der Waals surface area contributed by atoms with Gasteiger partial charge in [-0.1, -0.05) is 42.5 Å². The predicted octanol–water partition coefficient (Wildman–Crippen LogP) is 4.10. The molecule has 3 aromatic rings. The number of fused-ring (bicyclic) bond motifs is 2. The van der Waals surface area contributed by atoms with Crippen molar-refractivity contribution in [2.75, 3.05) is 11.9 Å². The number of anilines is 1. The summed E-state index contributed by atoms with van der Waals surface area (Å²) in [5, 5.41) is 28.0. The Kier molecular flexibility index (Phi) is 6.27. The molecule has 9 heteroatoms. The highest BCUT2D eigenvalue weighted by molar-refractivity contribution is 6.07. The van der Waals surface area contributed by atoms with Crippen LogP contribution in [0.2, 0.25) is 0 Å². The number of ether oxygens (including phenoxy) is 2. The summed E-state index contributed by atoms with van der Waals surface area (Å²) in [6, 6.07) is 20.1. The van der Waals surface area contributed by atoms with Gasteiger partial charge in [-0.05, 0) is 43.7 Å². The monoisotopic (exact) mass is 498 g/mol. The molecule has 188 valence electrons. The molecule has 3 aromatic carbocycles. The third-order valence-corrected chi connectivity index (χ3v) is 7.14. The van der Waals surface area contributed by atoms with E-state index in [9.17, 15) is 20.2 Å². The van der Waals surface area contributed by atoms with Crippen molar-refractivity contribution in [3.05, 3.63) is 99.1 Å². The molecule has 0 aromatic heterocycles. The molecule has 0 bridgehead atoms. The smallest absolute Gasteiger partial charge is 0.256 e. The number of nitrogens with zero attached hydrogens (tertiary/aromatic N) is 2. The van der Waals surface area contributed by atoms with Crippen LogP contribution in [0.3, 0.4) is 0 Å². The Balaban J connectivity index is 1.51. The third-order valence-electron chi connectivity index (χ3n) is 7.14. The second-order valence-corrected chi connectivity index (χ2v) is 9.19. The Morgan fingerprint density at radius 2 is 1.84 bits per heavy atom. The number of nitriles is 1. The summed E-state index contributed by atoms with van der Waals surface area (Å²) in [5.41, 5.74) is 1.62. The average Bonchev–Trinajstić information content (AvgIpc) is 3.36. The largest absolute Gasteiger partial charge is 0.490 e. The number of benzene rings is 3. The molecule has 37 heavy (non-hydrogen) atoms. The van der Waals surface area contributed by atoms with Gasteiger partial charge in [0, 0.05) is 27.8 Å². The molecule has 0 aliphatic carbocycles. The third kappa shape index (κ3) is 3.96. The SMILES string of the molecule is CCOc1cc([C@@H]2[C@H](C)N[C@]3(C(=O)Nc4ccccc43)[C@@H]2[N+](=O)[O-])ccc1OCc1ccccc1C#N. The molecule has 0 radical (unpaired) electrons. The van der Waals surface area contributed by atoms with Crippen molar-refractivity contribution >= 4 is 11.6 Å². The van der Waals surface area contributed by atoms with Gasteiger partial charge in [-0.25, -0.2) is 0 Å². The summed E-state index contributed by atoms with van der Waals surface area (Å²) in [6.45, 7) is 4.23. The van der Waals surface area contributed by atoms with E-state index in [4.69, 9.17) is 9.47 Å². The average molecular weight is 499 g/mol. The summed E-state index contributed by atoms with van der Waals surface area (Å²) in [6.07, 6.45) is 0. The normalized spacial score (nSPS) is 23.8. The van der Waals surface area contributed by atoms with E-state index >= 15 is 0 Å². The zero-order valence-electron chi connectivity index (χ0n) is 20.4. The molecule has 1 spiro atoms. The molecule has 2 aliphatic heterocycles. The summed E-state index contributed by atoms with van der Waals surface area (Å²) >= 11 is 0. The van der Waals surface area contributed by atoms with Crippen LogP contribution in [0.4, 0.5) is 5.69 Å². The predicted molar refractivity (Wildman–Crippen MR) is 136 cm³/mol. The molecule has 2 heterocycles. The van der Waals surface area contributed by atoms with Crippen LogP contribution in [0.1, 0.15) is 42.0 Å². The second-order valence-electron chi connectivity index (χ2n) is 9.19. The highest BCUT2D eigenvalue weighted by Crippen LogP contribution is 2.50. The minimum atomic E-state index is -1.48. The van der Waals surface area contributed by atoms with Gasteiger partial charge in [0.2, 0.25) is 0 Å². The van der Waals surface area contributed by atoms with Gasteiger partial charge in [-0.2, -0.15) is 5.26 Å². The van der Waals surface area contributed by atoms with Crippen LogP contribution in [0.5, 0.6) is 11.5 Å². The van der Waals surface area contributed by atoms with Crippen LogP contribution in [-0.2, 0) is 16.9 Å². The van der Waals surface area contributed by atoms with E-state index in [1.165, 1.54) is 0 Å². The van der Waals surface area contributed by atoms with Gasteiger partial charge in [0.25, 0.3) is 11.9 Å². The summed E-state index contributed by atoms with van der Waals surface area (Å²) in [5.74, 6) is -0.125. The van der Waals surface area contributed by atoms with Crippen molar-refractivity contribution < 1.29 is 19.2 Å². The summed E-state index contributed by atoms with van der Waals surface area (Å²) in [7, 11) is 0. The topological polar surface area (TPSA) is 127 Å². The Labute approximate surface area is 214 Å². The van der Waals surface area contributed by atoms with E-state index in [-0.39, 0.29) is 17.6 Å². The molecular formula is C28H26N4O5. The lowest BCUT2D eigenvalue weighted by Gasteiger charge is -2.25. The first-order valence-corrected chi connectivity index (χ1v) is 12.1. The highest BCUT2D eigenvalue weighted by Gasteiger charge is 2.67. The lowest BCUT2D eigenvalue weighted by Crippen LogP contribution is -2.54. The van der Waals surface area contributed by atoms with Crippen molar-refractivity contribution in [1.82, 2.24) is 5.32 Å². The van der Waals surface area contributed by atoms with Crippen molar-refractivity contribution in [2.24, 2.45) is 0 Å². The van der Waals surface area contributed by atoms with Crippen LogP contribution in [0, 0.1) is 21.4 Å². The second kappa shape index (κ2) is 9.56. The van der Waals surface area contributed by atoms with Gasteiger partial charge < -0.3 is 14.8 Å². The molecule has 1 amide bonds. The van der Waals surface area contributed by atoms with Crippen LogP contribution in [0.15, 0.2) is 66.7 Å². The minimum absolute atomic E-state index is 0.169. The number of rotatable bonds is 7. The van der Waals surface area contributed by atoms with E-state index in [2.05, 4.69) is 16.7 Å². The van der Waals surface area contributed by atoms with Gasteiger partial charge in [-0.15, -0.1) is 0 Å². The number of para-hydroxylation sites is 1. The fourth-order valence-corrected chi connectivity index (χ4v) is 5.58. The molecule has 4 atom stereocenters. The van der Waals surface area contributed by atoms with Crippen molar-refractivity contribution in [3.8, 4) is 17.6 Å². The van der Waals surface area contributed by atoms with Crippen molar-refractivity contribution in [2.45, 2.75) is 44.0 Å². The zero-order valence-corrected chi connectivity index (χ0v) is 20.4. The van der Waals surface area contributed by atoms with Crippen LogP contribution in [0.25, 0.3) is 0 Å². The fraction of sp³-hybridized carbons (Fsp3) is 0.286. The number of nitrogens with one attached hydrogen (secondary N) is 2. The maximum atomic E-state index is 13.2. The molecule has 1 fully saturated rings. The first kappa shape index (κ1) is 24.3. The van der Waals surface area contributed by atoms with Gasteiger partial charge >= 0.3 is 0 Å². The van der Waals surface area contributed by atoms with Crippen molar-refractivity contribution in [3.63, 3.8) is 0 Å². The molecule has 0 unspecified atom stereocenters. The Morgan fingerprint density at radius 3 is 2.59 bits per heavy atom. The molecule has 0 saturated carbocycles. The Morgan fingerprint density at radius 1 is 1.08 bits per heavy atom. The fourth-order valence-electron chi connectivity index (χ4n) is 5.58. The zero-order chi connectivity index (χ0) is 26.2. The number of amides is 1. The summed E-state index contributed by atoms with van der Waals surface area (Å²) in [4.78, 5) is 25.4. The summed E-state index contributed by atoms with van der Waals surface area (Å²) < 4.78 is 11.9. The van der Waals surface area contributed by atoms with Crippen LogP contribution < -0.4 is 20.1 Å². The quantitative estimate of drug-likeness (QED) is 0.371. The first-order chi connectivity index (χ1) is 17.9. The van der Waals surface area contributed by atoms with Crippen molar-refractivity contribution in [1.29, 1.82) is 5.26 Å². The number of carbonyl (C=O) groups is 1. The van der Waals surface area contributed by atoms with Gasteiger partial charge in [0.1, 0.15) is 6.61 Å². The van der Waals surface area contributed by atoms with Gasteiger partial charge in [0.15, 0.2) is 17.0 Å². The van der Waals surface area contributed by atoms with E-state index in [0.29, 0.717) is 40.5 Å². The molecule has 2 aliphatic rings. The maximum absolute atomic E-state index is 13.2. The molecule has 2 N–H and O–H groups in total. The highest BCUT2D eigenvalue weighted by atomic mass is 16.6. The molecule has 5 rings (SSSR count). The van der Waals surface area contributed by atoms with E-state index in [1.54, 1.807) is 54.6 Å². The number of carbonyl (C=O) groups excluding carboxylic acids is 1. The van der Waals surface area contributed by atoms with Crippen LogP contribution >= 0.6 is 0 Å². The van der Waals surface area contributed by atoms with Gasteiger partial charge in [0.05, 0.1) is 24.2 Å². The maximum Gasteiger partial charge on any atom is 0.256 e. The minimum Gasteiger partial charge on any atom is -0.490 e. The van der Waals surface area contributed by atoms with E-state index < -0.39 is 23.4 Å². The molecule has 1 saturated heterocycles. The first-order valence-electron chi connectivity index (χ1n) is 12.1. The van der Waals surface area contributed by atoms with Gasteiger partial charge in [-0.3, -0.25) is 20.2 Å². The number of hydrogen-bond donors (Lipinski definition) is 2. The Bertz CT molecular complexity index is 1420. The van der Waals surface area contributed by atoms with Crippen LogP contribution in [-0.4, -0.2) is 29.5 Å².